The molecule has 0 saturated carbocycles. The second-order valence-electron chi connectivity index (χ2n) is 8.19. The third-order valence-corrected chi connectivity index (χ3v) is 6.41. The van der Waals surface area contributed by atoms with E-state index >= 15 is 0 Å². The molecule has 172 valence electrons. The van der Waals surface area contributed by atoms with Crippen LogP contribution < -0.4 is 0 Å². The first-order valence-electron chi connectivity index (χ1n) is 10.9. The van der Waals surface area contributed by atoms with Crippen molar-refractivity contribution < 1.29 is 14.3 Å². The summed E-state index contributed by atoms with van der Waals surface area (Å²) in [7, 11) is 0. The van der Waals surface area contributed by atoms with E-state index in [2.05, 4.69) is 10.3 Å². The van der Waals surface area contributed by atoms with Crippen LogP contribution >= 0.6 is 11.6 Å². The first kappa shape index (κ1) is 22.1. The molecular formula is C24H21ClN6O3. The average molecular weight is 477 g/mol. The van der Waals surface area contributed by atoms with Gasteiger partial charge in [0.1, 0.15) is 6.10 Å². The van der Waals surface area contributed by atoms with Crippen molar-refractivity contribution in [3.8, 4) is 6.07 Å². The number of fused-ring (bicyclic) bond motifs is 1. The molecule has 5 rings (SSSR count). The Kier molecular flexibility index (Phi) is 6.01. The van der Waals surface area contributed by atoms with Crippen LogP contribution in [0.1, 0.15) is 43.8 Å². The van der Waals surface area contributed by atoms with Gasteiger partial charge in [-0.1, -0.05) is 28.9 Å². The van der Waals surface area contributed by atoms with Gasteiger partial charge in [0, 0.05) is 36.8 Å². The van der Waals surface area contributed by atoms with E-state index in [9.17, 15) is 9.59 Å². The highest BCUT2D eigenvalue weighted by Gasteiger charge is 2.32. The normalized spacial score (nSPS) is 17.7. The maximum absolute atomic E-state index is 13.1. The molecule has 1 fully saturated rings. The summed E-state index contributed by atoms with van der Waals surface area (Å²) < 4.78 is 7.72. The lowest BCUT2D eigenvalue weighted by atomic mass is 10.1. The van der Waals surface area contributed by atoms with Crippen molar-refractivity contribution in [1.29, 1.82) is 5.26 Å². The Labute approximate surface area is 201 Å². The van der Waals surface area contributed by atoms with Crippen molar-refractivity contribution in [2.45, 2.75) is 19.3 Å². The van der Waals surface area contributed by atoms with Crippen LogP contribution in [0.25, 0.3) is 0 Å². The summed E-state index contributed by atoms with van der Waals surface area (Å²) >= 11 is 5.97. The van der Waals surface area contributed by atoms with Crippen molar-refractivity contribution in [2.24, 2.45) is 0 Å². The van der Waals surface area contributed by atoms with Crippen LogP contribution in [0.4, 0.5) is 0 Å². The Bertz CT molecular complexity index is 1260. The highest BCUT2D eigenvalue weighted by atomic mass is 35.5. The van der Waals surface area contributed by atoms with Crippen molar-refractivity contribution in [2.75, 3.05) is 26.2 Å². The molecule has 1 unspecified atom stereocenters. The lowest BCUT2D eigenvalue weighted by molar-refractivity contribution is -0.00202. The first-order valence-corrected chi connectivity index (χ1v) is 11.3. The number of piperazine rings is 1. The predicted molar refractivity (Wildman–Crippen MR) is 122 cm³/mol. The maximum atomic E-state index is 13.1. The number of aromatic nitrogens is 3. The van der Waals surface area contributed by atoms with Gasteiger partial charge in [0.2, 0.25) is 0 Å². The smallest absolute Gasteiger partial charge is 0.276 e. The van der Waals surface area contributed by atoms with Crippen LogP contribution in [0.3, 0.4) is 0 Å². The molecule has 3 heterocycles. The minimum absolute atomic E-state index is 0.112. The standard InChI is InChI=1S/C24H21ClN6O3/c25-19-7-5-17(6-8-19)21-14-31-20(15-34-21)22(27-28-31)24(33)30-11-9-29(10-12-30)23(32)18-3-1-16(13-26)2-4-18/h1-8,21H,9-12,14-15H2. The number of amides is 2. The average Bonchev–Trinajstić information content (AvgIpc) is 3.32. The molecule has 1 atom stereocenters. The summed E-state index contributed by atoms with van der Waals surface area (Å²) in [5, 5.41) is 17.9. The van der Waals surface area contributed by atoms with Crippen LogP contribution in [-0.4, -0.2) is 62.8 Å². The van der Waals surface area contributed by atoms with E-state index in [0.29, 0.717) is 60.3 Å². The van der Waals surface area contributed by atoms with E-state index < -0.39 is 0 Å². The molecule has 0 N–H and O–H groups in total. The summed E-state index contributed by atoms with van der Waals surface area (Å²) in [6.07, 6.45) is -0.189. The minimum Gasteiger partial charge on any atom is -0.365 e. The number of nitrogens with zero attached hydrogens (tertiary/aromatic N) is 6. The second kappa shape index (κ2) is 9.25. The number of hydrogen-bond acceptors (Lipinski definition) is 6. The molecule has 1 aromatic heterocycles. The Morgan fingerprint density at radius 2 is 1.62 bits per heavy atom. The van der Waals surface area contributed by atoms with E-state index in [1.54, 1.807) is 38.7 Å². The number of ether oxygens (including phenoxy) is 1. The number of carbonyl (C=O) groups is 2. The summed E-state index contributed by atoms with van der Waals surface area (Å²) in [5.74, 6) is -0.320. The molecule has 1 saturated heterocycles. The van der Waals surface area contributed by atoms with Gasteiger partial charge < -0.3 is 14.5 Å². The lowest BCUT2D eigenvalue weighted by Gasteiger charge is -2.34. The van der Waals surface area contributed by atoms with Crippen molar-refractivity contribution in [3.63, 3.8) is 0 Å². The molecule has 3 aromatic rings. The van der Waals surface area contributed by atoms with Gasteiger partial charge in [-0.3, -0.25) is 9.59 Å². The lowest BCUT2D eigenvalue weighted by Crippen LogP contribution is -2.50. The van der Waals surface area contributed by atoms with Gasteiger partial charge in [0.15, 0.2) is 5.69 Å². The largest absolute Gasteiger partial charge is 0.365 e. The number of carbonyl (C=O) groups excluding carboxylic acids is 2. The van der Waals surface area contributed by atoms with Gasteiger partial charge in [0.25, 0.3) is 11.8 Å². The SMILES string of the molecule is N#Cc1ccc(C(=O)N2CCN(C(=O)c3nnn4c3COC(c3ccc(Cl)cc3)C4)CC2)cc1. The summed E-state index contributed by atoms with van der Waals surface area (Å²) in [6.45, 7) is 2.35. The minimum atomic E-state index is -0.208. The van der Waals surface area contributed by atoms with Gasteiger partial charge in [-0.05, 0) is 42.0 Å². The van der Waals surface area contributed by atoms with E-state index in [4.69, 9.17) is 21.6 Å². The van der Waals surface area contributed by atoms with Crippen LogP contribution in [0.2, 0.25) is 5.02 Å². The predicted octanol–water partition coefficient (Wildman–Crippen LogP) is 2.67. The Balaban J connectivity index is 1.21. The first-order chi connectivity index (χ1) is 16.5. The molecule has 0 spiro atoms. The topological polar surface area (TPSA) is 104 Å². The summed E-state index contributed by atoms with van der Waals surface area (Å²) in [5.41, 5.74) is 2.97. The summed E-state index contributed by atoms with van der Waals surface area (Å²) in [6, 6.07) is 16.1. The number of hydrogen-bond donors (Lipinski definition) is 0. The highest BCUT2D eigenvalue weighted by molar-refractivity contribution is 6.30. The molecular weight excluding hydrogens is 456 g/mol. The van der Waals surface area contributed by atoms with E-state index in [0.717, 1.165) is 5.56 Å². The van der Waals surface area contributed by atoms with E-state index in [1.807, 2.05) is 30.3 Å². The fraction of sp³-hybridized carbons (Fsp3) is 0.292. The molecule has 2 aliphatic rings. The van der Waals surface area contributed by atoms with Crippen LogP contribution in [0.5, 0.6) is 0 Å². The number of halogens is 1. The van der Waals surface area contributed by atoms with E-state index in [-0.39, 0.29) is 24.5 Å². The fourth-order valence-corrected chi connectivity index (χ4v) is 4.32. The number of benzene rings is 2. The van der Waals surface area contributed by atoms with Crippen molar-refractivity contribution in [3.05, 3.63) is 81.6 Å². The van der Waals surface area contributed by atoms with Crippen LogP contribution in [0, 0.1) is 11.3 Å². The molecule has 9 nitrogen and oxygen atoms in total. The Morgan fingerprint density at radius 1 is 0.971 bits per heavy atom. The summed E-state index contributed by atoms with van der Waals surface area (Å²) in [4.78, 5) is 29.3. The molecule has 0 radical (unpaired) electrons. The van der Waals surface area contributed by atoms with Gasteiger partial charge in [-0.2, -0.15) is 5.26 Å². The van der Waals surface area contributed by atoms with E-state index in [1.165, 1.54) is 0 Å². The highest BCUT2D eigenvalue weighted by Crippen LogP contribution is 2.28. The molecule has 2 aromatic carbocycles. The van der Waals surface area contributed by atoms with Gasteiger partial charge in [-0.15, -0.1) is 5.10 Å². The molecule has 10 heteroatoms. The third kappa shape index (κ3) is 4.25. The quantitative estimate of drug-likeness (QED) is 0.575. The second-order valence-corrected chi connectivity index (χ2v) is 8.63. The number of nitriles is 1. The number of rotatable bonds is 3. The maximum Gasteiger partial charge on any atom is 0.276 e. The van der Waals surface area contributed by atoms with Gasteiger partial charge in [0.05, 0.1) is 30.5 Å². The zero-order chi connectivity index (χ0) is 23.7. The van der Waals surface area contributed by atoms with Crippen molar-refractivity contribution >= 4 is 23.4 Å². The van der Waals surface area contributed by atoms with Crippen LogP contribution in [-0.2, 0) is 17.9 Å². The third-order valence-electron chi connectivity index (χ3n) is 6.16. The Hall–Kier alpha value is -3.74. The van der Waals surface area contributed by atoms with Gasteiger partial charge in [-0.25, -0.2) is 4.68 Å². The zero-order valence-corrected chi connectivity index (χ0v) is 19.0. The molecule has 2 amide bonds. The monoisotopic (exact) mass is 476 g/mol. The zero-order valence-electron chi connectivity index (χ0n) is 18.2. The molecule has 34 heavy (non-hydrogen) atoms. The fourth-order valence-electron chi connectivity index (χ4n) is 4.19. The molecule has 0 aliphatic carbocycles. The van der Waals surface area contributed by atoms with Crippen molar-refractivity contribution in [1.82, 2.24) is 24.8 Å². The molecule has 2 aliphatic heterocycles. The van der Waals surface area contributed by atoms with Crippen LogP contribution in [0.15, 0.2) is 48.5 Å². The molecule has 0 bridgehead atoms. The van der Waals surface area contributed by atoms with Gasteiger partial charge >= 0.3 is 0 Å². The Morgan fingerprint density at radius 3 is 2.26 bits per heavy atom.